The van der Waals surface area contributed by atoms with Crippen molar-refractivity contribution in [2.24, 2.45) is 5.73 Å². The minimum absolute atomic E-state index is 0.0230. The van der Waals surface area contributed by atoms with Gasteiger partial charge in [0.25, 0.3) is 0 Å². The zero-order chi connectivity index (χ0) is 10.7. The van der Waals surface area contributed by atoms with Crippen LogP contribution in [0.2, 0.25) is 0 Å². The maximum atomic E-state index is 7.31. The quantitative estimate of drug-likeness (QED) is 0.537. The molecule has 0 aliphatic carbocycles. The second-order valence-electron chi connectivity index (χ2n) is 3.19. The lowest BCUT2D eigenvalue weighted by Gasteiger charge is -2.13. The first-order valence-electron chi connectivity index (χ1n) is 4.44. The van der Waals surface area contributed by atoms with Gasteiger partial charge in [0.2, 0.25) is 0 Å². The molecule has 14 heavy (non-hydrogen) atoms. The maximum Gasteiger partial charge on any atom is 0.142 e. The summed E-state index contributed by atoms with van der Waals surface area (Å²) in [5, 5.41) is 7.31. The maximum absolute atomic E-state index is 7.31. The molecule has 0 fully saturated rings. The molecule has 1 aromatic heterocycles. The van der Waals surface area contributed by atoms with Gasteiger partial charge >= 0.3 is 0 Å². The highest BCUT2D eigenvalue weighted by Crippen LogP contribution is 2.09. The van der Waals surface area contributed by atoms with Crippen molar-refractivity contribution >= 4 is 11.7 Å². The second-order valence-corrected chi connectivity index (χ2v) is 3.19. The highest BCUT2D eigenvalue weighted by molar-refractivity contribution is 5.93. The fraction of sp³-hybridized carbons (Fsp3) is 0.444. The van der Waals surface area contributed by atoms with Gasteiger partial charge < -0.3 is 10.6 Å². The number of nitrogens with one attached hydrogen (secondary N) is 1. The monoisotopic (exact) mass is 193 g/mol. The van der Waals surface area contributed by atoms with E-state index in [4.69, 9.17) is 11.1 Å². The van der Waals surface area contributed by atoms with Crippen molar-refractivity contribution < 1.29 is 0 Å². The van der Waals surface area contributed by atoms with Crippen molar-refractivity contribution in [3.8, 4) is 0 Å². The third-order valence-corrected chi connectivity index (χ3v) is 1.81. The van der Waals surface area contributed by atoms with Crippen LogP contribution in [0, 0.1) is 5.41 Å². The van der Waals surface area contributed by atoms with Gasteiger partial charge in [0, 0.05) is 26.6 Å². The molecule has 3 N–H and O–H groups in total. The van der Waals surface area contributed by atoms with Crippen LogP contribution in [0.15, 0.2) is 6.07 Å². The molecule has 0 amide bonds. The molecule has 1 heterocycles. The number of nitrogen functional groups attached to an aromatic ring is 1. The molecule has 0 aromatic carbocycles. The third kappa shape index (κ3) is 2.18. The molecule has 0 radical (unpaired) electrons. The van der Waals surface area contributed by atoms with Crippen LogP contribution in [-0.2, 0) is 6.42 Å². The van der Waals surface area contributed by atoms with E-state index in [1.165, 1.54) is 0 Å². The third-order valence-electron chi connectivity index (χ3n) is 1.81. The first-order chi connectivity index (χ1) is 6.54. The van der Waals surface area contributed by atoms with Crippen LogP contribution in [0.4, 0.5) is 5.82 Å². The summed E-state index contributed by atoms with van der Waals surface area (Å²) in [6, 6.07) is 1.71. The Kier molecular flexibility index (Phi) is 3.01. The predicted octanol–water partition coefficient (Wildman–Crippen LogP) is 0.389. The summed E-state index contributed by atoms with van der Waals surface area (Å²) in [4.78, 5) is 10.3. The van der Waals surface area contributed by atoms with Crippen LogP contribution in [0.25, 0.3) is 0 Å². The number of amidine groups is 1. The van der Waals surface area contributed by atoms with Crippen molar-refractivity contribution in [3.05, 3.63) is 17.6 Å². The summed E-state index contributed by atoms with van der Waals surface area (Å²) in [6.45, 7) is 1.97. The Bertz CT molecular complexity index is 345. The van der Waals surface area contributed by atoms with Crippen LogP contribution in [0.3, 0.4) is 0 Å². The molecule has 0 aliphatic heterocycles. The molecule has 0 unspecified atom stereocenters. The number of aromatic nitrogens is 2. The van der Waals surface area contributed by atoms with Crippen LogP contribution < -0.4 is 10.6 Å². The summed E-state index contributed by atoms with van der Waals surface area (Å²) in [5.74, 6) is 1.47. The molecule has 0 saturated heterocycles. The lowest BCUT2D eigenvalue weighted by molar-refractivity contribution is 0.909. The van der Waals surface area contributed by atoms with Crippen LogP contribution in [0.1, 0.15) is 18.4 Å². The minimum Gasteiger partial charge on any atom is -0.382 e. The van der Waals surface area contributed by atoms with Gasteiger partial charge in [0.15, 0.2) is 0 Å². The molecule has 0 saturated carbocycles. The average molecular weight is 193 g/mol. The molecule has 5 heteroatoms. The Morgan fingerprint density at radius 3 is 2.57 bits per heavy atom. The van der Waals surface area contributed by atoms with Gasteiger partial charge in [-0.1, -0.05) is 6.92 Å². The number of hydrogen-bond acceptors (Lipinski definition) is 4. The summed E-state index contributed by atoms with van der Waals surface area (Å²) in [6.07, 6.45) is 0.738. The number of anilines is 1. The van der Waals surface area contributed by atoms with Crippen LogP contribution in [-0.4, -0.2) is 29.9 Å². The van der Waals surface area contributed by atoms with E-state index in [9.17, 15) is 0 Å². The van der Waals surface area contributed by atoms with E-state index in [1.807, 2.05) is 25.9 Å². The zero-order valence-electron chi connectivity index (χ0n) is 8.70. The smallest absolute Gasteiger partial charge is 0.142 e. The minimum atomic E-state index is -0.0230. The van der Waals surface area contributed by atoms with E-state index in [1.54, 1.807) is 6.07 Å². The molecular formula is C9H15N5. The summed E-state index contributed by atoms with van der Waals surface area (Å²) < 4.78 is 0. The molecule has 1 rings (SSSR count). The van der Waals surface area contributed by atoms with Crippen molar-refractivity contribution in [3.63, 3.8) is 0 Å². The standard InChI is InChI=1S/C9H15N5/c1-4-7-12-6(9(10)11)5-8(13-7)14(2)3/h5H,4H2,1-3H3,(H3,10,11). The van der Waals surface area contributed by atoms with Crippen molar-refractivity contribution in [2.45, 2.75) is 13.3 Å². The van der Waals surface area contributed by atoms with Gasteiger partial charge in [0.1, 0.15) is 23.2 Å². The average Bonchev–Trinajstić information content (AvgIpc) is 2.16. The number of nitrogens with two attached hydrogens (primary N) is 1. The first kappa shape index (κ1) is 10.4. The van der Waals surface area contributed by atoms with Crippen LogP contribution >= 0.6 is 0 Å². The van der Waals surface area contributed by atoms with Gasteiger partial charge in [-0.25, -0.2) is 9.97 Å². The van der Waals surface area contributed by atoms with Crippen molar-refractivity contribution in [1.82, 2.24) is 9.97 Å². The molecule has 0 aliphatic rings. The van der Waals surface area contributed by atoms with Gasteiger partial charge in [-0.2, -0.15) is 0 Å². The topological polar surface area (TPSA) is 78.9 Å². The Balaban J connectivity index is 3.20. The van der Waals surface area contributed by atoms with E-state index in [-0.39, 0.29) is 5.84 Å². The molecule has 5 nitrogen and oxygen atoms in total. The molecule has 76 valence electrons. The number of rotatable bonds is 3. The van der Waals surface area contributed by atoms with E-state index < -0.39 is 0 Å². The highest BCUT2D eigenvalue weighted by Gasteiger charge is 2.06. The summed E-state index contributed by atoms with van der Waals surface area (Å²) in [5.41, 5.74) is 5.87. The fourth-order valence-corrected chi connectivity index (χ4v) is 1.01. The Morgan fingerprint density at radius 2 is 2.14 bits per heavy atom. The fourth-order valence-electron chi connectivity index (χ4n) is 1.01. The summed E-state index contributed by atoms with van der Waals surface area (Å²) >= 11 is 0. The summed E-state index contributed by atoms with van der Waals surface area (Å²) in [7, 11) is 3.79. The van der Waals surface area contributed by atoms with E-state index >= 15 is 0 Å². The predicted molar refractivity (Wildman–Crippen MR) is 56.8 cm³/mol. The van der Waals surface area contributed by atoms with Crippen molar-refractivity contribution in [2.75, 3.05) is 19.0 Å². The van der Waals surface area contributed by atoms with Crippen LogP contribution in [0.5, 0.6) is 0 Å². The lowest BCUT2D eigenvalue weighted by Crippen LogP contribution is -2.18. The number of hydrogen-bond donors (Lipinski definition) is 2. The molecule has 1 aromatic rings. The van der Waals surface area contributed by atoms with Gasteiger partial charge in [-0.15, -0.1) is 0 Å². The number of nitrogens with zero attached hydrogens (tertiary/aromatic N) is 3. The highest BCUT2D eigenvalue weighted by atomic mass is 15.1. The van der Waals surface area contributed by atoms with E-state index in [0.717, 1.165) is 12.2 Å². The SMILES string of the molecule is CCc1nc(C(=N)N)cc(N(C)C)n1. The van der Waals surface area contributed by atoms with Gasteiger partial charge in [-0.3, -0.25) is 5.41 Å². The Labute approximate surface area is 83.5 Å². The largest absolute Gasteiger partial charge is 0.382 e. The van der Waals surface area contributed by atoms with Gasteiger partial charge in [-0.05, 0) is 0 Å². The second kappa shape index (κ2) is 4.04. The normalized spacial score (nSPS) is 9.93. The van der Waals surface area contributed by atoms with E-state index in [2.05, 4.69) is 9.97 Å². The first-order valence-corrected chi connectivity index (χ1v) is 4.44. The molecule has 0 bridgehead atoms. The van der Waals surface area contributed by atoms with Gasteiger partial charge in [0.05, 0.1) is 0 Å². The number of aryl methyl sites for hydroxylation is 1. The molecule has 0 atom stereocenters. The lowest BCUT2D eigenvalue weighted by atomic mass is 10.3. The molecule has 0 spiro atoms. The zero-order valence-corrected chi connectivity index (χ0v) is 8.70. The van der Waals surface area contributed by atoms with Crippen molar-refractivity contribution in [1.29, 1.82) is 5.41 Å². The Hall–Kier alpha value is -1.65. The van der Waals surface area contributed by atoms with E-state index in [0.29, 0.717) is 11.5 Å². The molecular weight excluding hydrogens is 178 g/mol. The Morgan fingerprint density at radius 1 is 1.50 bits per heavy atom.